The smallest absolute Gasteiger partial charge is 0.194 e. The highest BCUT2D eigenvalue weighted by molar-refractivity contribution is 14.0. The van der Waals surface area contributed by atoms with Crippen LogP contribution in [0.15, 0.2) is 53.8 Å². The van der Waals surface area contributed by atoms with Crippen molar-refractivity contribution in [2.75, 3.05) is 14.1 Å². The number of guanidine groups is 1. The molecular weight excluding hydrogens is 461 g/mol. The lowest BCUT2D eigenvalue weighted by Gasteiger charge is -2.22. The van der Waals surface area contributed by atoms with Crippen molar-refractivity contribution in [1.82, 2.24) is 19.8 Å². The van der Waals surface area contributed by atoms with E-state index in [0.717, 1.165) is 27.8 Å². The molecule has 0 amide bonds. The summed E-state index contributed by atoms with van der Waals surface area (Å²) in [4.78, 5) is 11.0. The zero-order valence-corrected chi connectivity index (χ0v) is 18.2. The number of hydrogen-bond donors (Lipinski definition) is 1. The molecule has 2 aromatic heterocycles. The van der Waals surface area contributed by atoms with Crippen LogP contribution in [0.1, 0.15) is 11.4 Å². The predicted molar refractivity (Wildman–Crippen MR) is 119 cm³/mol. The van der Waals surface area contributed by atoms with Gasteiger partial charge in [-0.25, -0.2) is 0 Å². The standard InChI is InChI=1S/C19H22ClN5.HI/c1-21-19(25(3)13-16-10-15(20)12-24(16)2)23-11-18-17-7-5-4-6-14(17)8-9-22-18;/h4-10,12H,11,13H2,1-3H3,(H,21,23);1H. The van der Waals surface area contributed by atoms with Crippen LogP contribution in [0.2, 0.25) is 5.02 Å². The average molecular weight is 484 g/mol. The van der Waals surface area contributed by atoms with E-state index in [9.17, 15) is 0 Å². The van der Waals surface area contributed by atoms with Crippen molar-refractivity contribution in [3.8, 4) is 0 Å². The fourth-order valence-electron chi connectivity index (χ4n) is 2.91. The maximum Gasteiger partial charge on any atom is 0.194 e. The van der Waals surface area contributed by atoms with Crippen molar-refractivity contribution in [3.63, 3.8) is 0 Å². The van der Waals surface area contributed by atoms with Gasteiger partial charge in [-0.1, -0.05) is 35.9 Å². The molecule has 0 spiro atoms. The molecule has 0 saturated heterocycles. The number of rotatable bonds is 4. The van der Waals surface area contributed by atoms with Gasteiger partial charge >= 0.3 is 0 Å². The molecule has 1 N–H and O–H groups in total. The van der Waals surface area contributed by atoms with Crippen LogP contribution in [-0.2, 0) is 20.1 Å². The molecule has 0 aliphatic rings. The summed E-state index contributed by atoms with van der Waals surface area (Å²) in [5, 5.41) is 6.49. The molecule has 3 rings (SSSR count). The summed E-state index contributed by atoms with van der Waals surface area (Å²) in [6.07, 6.45) is 3.75. The van der Waals surface area contributed by atoms with Crippen LogP contribution >= 0.6 is 35.6 Å². The molecule has 0 saturated carbocycles. The van der Waals surface area contributed by atoms with E-state index >= 15 is 0 Å². The van der Waals surface area contributed by atoms with E-state index in [2.05, 4.69) is 32.3 Å². The summed E-state index contributed by atoms with van der Waals surface area (Å²) in [7, 11) is 5.78. The van der Waals surface area contributed by atoms with E-state index in [1.54, 1.807) is 7.05 Å². The highest BCUT2D eigenvalue weighted by Gasteiger charge is 2.10. The van der Waals surface area contributed by atoms with Crippen LogP contribution < -0.4 is 5.32 Å². The molecule has 3 aromatic rings. The second-order valence-corrected chi connectivity index (χ2v) is 6.43. The molecule has 0 atom stereocenters. The molecule has 138 valence electrons. The minimum Gasteiger partial charge on any atom is -0.351 e. The van der Waals surface area contributed by atoms with E-state index in [0.29, 0.717) is 13.1 Å². The van der Waals surface area contributed by atoms with Crippen LogP contribution in [0.4, 0.5) is 0 Å². The van der Waals surface area contributed by atoms with E-state index in [4.69, 9.17) is 11.6 Å². The summed E-state index contributed by atoms with van der Waals surface area (Å²) in [6, 6.07) is 12.3. The Kier molecular flexibility index (Phi) is 7.28. The Morgan fingerprint density at radius 2 is 2.08 bits per heavy atom. The van der Waals surface area contributed by atoms with Gasteiger partial charge in [-0.2, -0.15) is 0 Å². The van der Waals surface area contributed by atoms with Gasteiger partial charge in [0.25, 0.3) is 0 Å². The highest BCUT2D eigenvalue weighted by Crippen LogP contribution is 2.16. The fourth-order valence-corrected chi connectivity index (χ4v) is 3.18. The van der Waals surface area contributed by atoms with Crippen molar-refractivity contribution in [3.05, 3.63) is 65.2 Å². The van der Waals surface area contributed by atoms with Gasteiger partial charge in [-0.3, -0.25) is 9.98 Å². The molecule has 1 aromatic carbocycles. The first-order chi connectivity index (χ1) is 12.1. The van der Waals surface area contributed by atoms with E-state index < -0.39 is 0 Å². The molecule has 7 heteroatoms. The lowest BCUT2D eigenvalue weighted by Crippen LogP contribution is -2.38. The molecule has 0 bridgehead atoms. The van der Waals surface area contributed by atoms with Gasteiger partial charge in [0.1, 0.15) is 0 Å². The molecule has 0 unspecified atom stereocenters. The van der Waals surface area contributed by atoms with Crippen LogP contribution in [0.25, 0.3) is 10.8 Å². The number of halogens is 2. The van der Waals surface area contributed by atoms with E-state index in [1.165, 1.54) is 5.39 Å². The minimum absolute atomic E-state index is 0. The number of benzene rings is 1. The monoisotopic (exact) mass is 483 g/mol. The Labute approximate surface area is 176 Å². The van der Waals surface area contributed by atoms with E-state index in [-0.39, 0.29) is 24.0 Å². The third kappa shape index (κ3) is 4.67. The van der Waals surface area contributed by atoms with Crippen molar-refractivity contribution < 1.29 is 0 Å². The average Bonchev–Trinajstić information content (AvgIpc) is 2.92. The summed E-state index contributed by atoms with van der Waals surface area (Å²) < 4.78 is 2.03. The van der Waals surface area contributed by atoms with Crippen molar-refractivity contribution in [1.29, 1.82) is 0 Å². The normalized spacial score (nSPS) is 11.3. The number of nitrogens with zero attached hydrogens (tertiary/aromatic N) is 4. The van der Waals surface area contributed by atoms with Crippen molar-refractivity contribution >= 4 is 52.3 Å². The topological polar surface area (TPSA) is 45.5 Å². The number of nitrogens with one attached hydrogen (secondary N) is 1. The summed E-state index contributed by atoms with van der Waals surface area (Å²) in [6.45, 7) is 1.33. The molecule has 2 heterocycles. The number of aliphatic imine (C=N–C) groups is 1. The fraction of sp³-hybridized carbons (Fsp3) is 0.263. The second kappa shape index (κ2) is 9.23. The van der Waals surface area contributed by atoms with Gasteiger partial charge in [0.05, 0.1) is 23.8 Å². The van der Waals surface area contributed by atoms with Gasteiger partial charge in [0, 0.05) is 44.6 Å². The molecule has 0 radical (unpaired) electrons. The first-order valence-corrected chi connectivity index (χ1v) is 8.51. The number of aromatic nitrogens is 2. The lowest BCUT2D eigenvalue weighted by atomic mass is 10.1. The molecule has 0 aliphatic heterocycles. The maximum atomic E-state index is 6.07. The summed E-state index contributed by atoms with van der Waals surface area (Å²) in [5.41, 5.74) is 2.13. The van der Waals surface area contributed by atoms with Crippen LogP contribution in [0.5, 0.6) is 0 Å². The Balaban J connectivity index is 0.00000243. The van der Waals surface area contributed by atoms with Crippen molar-refractivity contribution in [2.45, 2.75) is 13.1 Å². The first-order valence-electron chi connectivity index (χ1n) is 8.13. The largest absolute Gasteiger partial charge is 0.351 e. The third-order valence-electron chi connectivity index (χ3n) is 4.22. The van der Waals surface area contributed by atoms with Gasteiger partial charge in [-0.05, 0) is 17.5 Å². The maximum absolute atomic E-state index is 6.07. The zero-order valence-electron chi connectivity index (χ0n) is 15.1. The Bertz CT molecular complexity index is 901. The Morgan fingerprint density at radius 1 is 1.31 bits per heavy atom. The van der Waals surface area contributed by atoms with Gasteiger partial charge < -0.3 is 14.8 Å². The SMILES string of the molecule is CN=C(NCc1nccc2ccccc12)N(C)Cc1cc(Cl)cn1C.I. The minimum atomic E-state index is 0. The van der Waals surface area contributed by atoms with Crippen LogP contribution in [-0.4, -0.2) is 34.5 Å². The van der Waals surface area contributed by atoms with Crippen molar-refractivity contribution in [2.24, 2.45) is 12.0 Å². The first kappa shape index (κ1) is 20.5. The van der Waals surface area contributed by atoms with Crippen LogP contribution in [0.3, 0.4) is 0 Å². The van der Waals surface area contributed by atoms with Gasteiger partial charge in [-0.15, -0.1) is 24.0 Å². The Morgan fingerprint density at radius 3 is 2.77 bits per heavy atom. The molecular formula is C19H23ClIN5. The number of fused-ring (bicyclic) bond motifs is 1. The summed E-state index contributed by atoms with van der Waals surface area (Å²) in [5.74, 6) is 0.812. The van der Waals surface area contributed by atoms with Crippen LogP contribution in [0, 0.1) is 0 Å². The second-order valence-electron chi connectivity index (χ2n) is 6.00. The number of hydrogen-bond acceptors (Lipinski definition) is 2. The molecule has 5 nitrogen and oxygen atoms in total. The van der Waals surface area contributed by atoms with Gasteiger partial charge in [0.15, 0.2) is 5.96 Å². The van der Waals surface area contributed by atoms with Gasteiger partial charge in [0.2, 0.25) is 0 Å². The lowest BCUT2D eigenvalue weighted by molar-refractivity contribution is 0.461. The predicted octanol–water partition coefficient (Wildman–Crippen LogP) is 4.05. The Hall–Kier alpha value is -1.80. The molecule has 0 aliphatic carbocycles. The molecule has 26 heavy (non-hydrogen) atoms. The quantitative estimate of drug-likeness (QED) is 0.346. The zero-order chi connectivity index (χ0) is 17.8. The highest BCUT2D eigenvalue weighted by atomic mass is 127. The number of pyridine rings is 1. The third-order valence-corrected chi connectivity index (χ3v) is 4.42. The molecule has 0 fully saturated rings. The number of aryl methyl sites for hydroxylation is 1. The summed E-state index contributed by atoms with van der Waals surface area (Å²) >= 11 is 6.07. The van der Waals surface area contributed by atoms with E-state index in [1.807, 2.05) is 55.3 Å².